The lowest BCUT2D eigenvalue weighted by atomic mass is 10.1. The second kappa shape index (κ2) is 7.06. The molecule has 106 valence electrons. The third kappa shape index (κ3) is 4.18. The molecule has 1 aromatic rings. The molecule has 0 heterocycles. The predicted octanol–water partition coefficient (Wildman–Crippen LogP) is 1.61. The van der Waals surface area contributed by atoms with Crippen LogP contribution in [-0.4, -0.2) is 37.1 Å². The van der Waals surface area contributed by atoms with E-state index in [1.807, 2.05) is 13.8 Å². The van der Waals surface area contributed by atoms with E-state index in [0.717, 1.165) is 0 Å². The van der Waals surface area contributed by atoms with Crippen LogP contribution in [0.25, 0.3) is 0 Å². The second-order valence-corrected chi connectivity index (χ2v) is 4.45. The maximum Gasteiger partial charge on any atom is 0.255 e. The molecule has 0 aliphatic heterocycles. The summed E-state index contributed by atoms with van der Waals surface area (Å²) in [6.07, 6.45) is 0.110. The number of carbonyl (C=O) groups excluding carboxylic acids is 1. The van der Waals surface area contributed by atoms with Crippen molar-refractivity contribution in [3.63, 3.8) is 0 Å². The van der Waals surface area contributed by atoms with Crippen molar-refractivity contribution in [2.24, 2.45) is 5.84 Å². The topological polar surface area (TPSA) is 67.6 Å². The Kier molecular flexibility index (Phi) is 5.72. The molecule has 0 saturated heterocycles. The first-order valence-corrected chi connectivity index (χ1v) is 6.09. The van der Waals surface area contributed by atoms with E-state index in [-0.39, 0.29) is 23.3 Å². The fourth-order valence-electron chi connectivity index (χ4n) is 1.58. The molecule has 1 amide bonds. The lowest BCUT2D eigenvalue weighted by Crippen LogP contribution is -2.31. The van der Waals surface area contributed by atoms with Crippen LogP contribution in [-0.2, 0) is 4.74 Å². The van der Waals surface area contributed by atoms with Crippen molar-refractivity contribution in [1.82, 2.24) is 4.90 Å². The molecule has 0 aromatic heterocycles. The summed E-state index contributed by atoms with van der Waals surface area (Å²) in [6.45, 7) is 4.70. The molecule has 0 aliphatic carbocycles. The van der Waals surface area contributed by atoms with Crippen molar-refractivity contribution in [1.29, 1.82) is 0 Å². The Bertz CT molecular complexity index is 438. The minimum absolute atomic E-state index is 0.00382. The number of nitrogen functional groups attached to an aromatic ring is 1. The molecule has 1 aromatic carbocycles. The molecule has 0 bridgehead atoms. The number of halogens is 1. The standard InChI is InChI=1S/C13H20FN3O2/c1-9(2)19-8-7-17(3)13(18)10-5-4-6-11(14)12(10)16-15/h4-6,9,16H,7-8,15H2,1-3H3. The van der Waals surface area contributed by atoms with Crippen LogP contribution in [0.15, 0.2) is 18.2 Å². The largest absolute Gasteiger partial charge is 0.377 e. The molecule has 19 heavy (non-hydrogen) atoms. The van der Waals surface area contributed by atoms with E-state index in [1.165, 1.54) is 23.1 Å². The third-order valence-corrected chi connectivity index (χ3v) is 2.61. The first-order chi connectivity index (χ1) is 8.97. The van der Waals surface area contributed by atoms with Crippen LogP contribution >= 0.6 is 0 Å². The monoisotopic (exact) mass is 269 g/mol. The number of rotatable bonds is 6. The van der Waals surface area contributed by atoms with Gasteiger partial charge in [0.05, 0.1) is 24.0 Å². The number of benzene rings is 1. The molecular weight excluding hydrogens is 249 g/mol. The molecular formula is C13H20FN3O2. The molecule has 3 N–H and O–H groups in total. The van der Waals surface area contributed by atoms with Crippen LogP contribution < -0.4 is 11.3 Å². The lowest BCUT2D eigenvalue weighted by Gasteiger charge is -2.19. The summed E-state index contributed by atoms with van der Waals surface area (Å²) in [5.41, 5.74) is 2.43. The second-order valence-electron chi connectivity index (χ2n) is 4.45. The molecule has 0 saturated carbocycles. The number of nitrogens with two attached hydrogens (primary N) is 1. The fourth-order valence-corrected chi connectivity index (χ4v) is 1.58. The molecule has 0 radical (unpaired) electrons. The number of hydrogen-bond donors (Lipinski definition) is 2. The number of carbonyl (C=O) groups is 1. The van der Waals surface area contributed by atoms with Crippen LogP contribution in [0.4, 0.5) is 10.1 Å². The van der Waals surface area contributed by atoms with E-state index in [9.17, 15) is 9.18 Å². The van der Waals surface area contributed by atoms with Crippen LogP contribution in [0.1, 0.15) is 24.2 Å². The Morgan fingerprint density at radius 1 is 1.53 bits per heavy atom. The van der Waals surface area contributed by atoms with Gasteiger partial charge in [-0.2, -0.15) is 0 Å². The molecule has 0 fully saturated rings. The van der Waals surface area contributed by atoms with Crippen molar-refractivity contribution in [3.8, 4) is 0 Å². The Morgan fingerprint density at radius 2 is 2.21 bits per heavy atom. The summed E-state index contributed by atoms with van der Waals surface area (Å²) < 4.78 is 18.9. The summed E-state index contributed by atoms with van der Waals surface area (Å²) >= 11 is 0. The van der Waals surface area contributed by atoms with E-state index in [0.29, 0.717) is 13.2 Å². The van der Waals surface area contributed by atoms with Crippen molar-refractivity contribution in [3.05, 3.63) is 29.6 Å². The van der Waals surface area contributed by atoms with Gasteiger partial charge in [0.1, 0.15) is 5.82 Å². The summed E-state index contributed by atoms with van der Waals surface area (Å²) in [6, 6.07) is 4.25. The van der Waals surface area contributed by atoms with Crippen molar-refractivity contribution in [2.75, 3.05) is 25.6 Å². The van der Waals surface area contributed by atoms with Gasteiger partial charge in [-0.05, 0) is 26.0 Å². The van der Waals surface area contributed by atoms with Gasteiger partial charge in [-0.3, -0.25) is 10.6 Å². The highest BCUT2D eigenvalue weighted by molar-refractivity contribution is 5.99. The number of anilines is 1. The minimum atomic E-state index is -0.555. The van der Waals surface area contributed by atoms with E-state index >= 15 is 0 Å². The molecule has 0 atom stereocenters. The highest BCUT2D eigenvalue weighted by Crippen LogP contribution is 2.19. The van der Waals surface area contributed by atoms with Gasteiger partial charge in [-0.25, -0.2) is 4.39 Å². The zero-order valence-electron chi connectivity index (χ0n) is 11.4. The van der Waals surface area contributed by atoms with Crippen LogP contribution in [0.2, 0.25) is 0 Å². The number of para-hydroxylation sites is 1. The lowest BCUT2D eigenvalue weighted by molar-refractivity contribution is 0.0532. The van der Waals surface area contributed by atoms with Gasteiger partial charge in [-0.15, -0.1) is 0 Å². The normalized spacial score (nSPS) is 10.6. The number of likely N-dealkylation sites (N-methyl/N-ethyl adjacent to an activating group) is 1. The smallest absolute Gasteiger partial charge is 0.255 e. The SMILES string of the molecule is CC(C)OCCN(C)C(=O)c1cccc(F)c1NN. The Labute approximate surface area is 112 Å². The van der Waals surface area contributed by atoms with Crippen molar-refractivity contribution in [2.45, 2.75) is 20.0 Å². The van der Waals surface area contributed by atoms with E-state index in [1.54, 1.807) is 7.05 Å². The van der Waals surface area contributed by atoms with Crippen molar-refractivity contribution < 1.29 is 13.9 Å². The third-order valence-electron chi connectivity index (χ3n) is 2.61. The minimum Gasteiger partial charge on any atom is -0.377 e. The summed E-state index contributed by atoms with van der Waals surface area (Å²) in [4.78, 5) is 13.6. The van der Waals surface area contributed by atoms with E-state index in [2.05, 4.69) is 5.43 Å². The van der Waals surface area contributed by atoms with Crippen LogP contribution in [0.3, 0.4) is 0 Å². The molecule has 0 unspecified atom stereocenters. The van der Waals surface area contributed by atoms with Gasteiger partial charge in [0.2, 0.25) is 0 Å². The molecule has 0 spiro atoms. The van der Waals surface area contributed by atoms with Crippen LogP contribution in [0, 0.1) is 5.82 Å². The number of amides is 1. The zero-order chi connectivity index (χ0) is 14.4. The number of ether oxygens (including phenoxy) is 1. The van der Waals surface area contributed by atoms with Crippen LogP contribution in [0.5, 0.6) is 0 Å². The Hall–Kier alpha value is -1.66. The number of nitrogens with zero attached hydrogens (tertiary/aromatic N) is 1. The Morgan fingerprint density at radius 3 is 2.79 bits per heavy atom. The highest BCUT2D eigenvalue weighted by Gasteiger charge is 2.17. The summed E-state index contributed by atoms with van der Waals surface area (Å²) in [5.74, 6) is 4.38. The Balaban J connectivity index is 2.74. The maximum atomic E-state index is 13.5. The zero-order valence-corrected chi connectivity index (χ0v) is 11.4. The summed E-state index contributed by atoms with van der Waals surface area (Å²) in [5, 5.41) is 0. The molecule has 5 nitrogen and oxygen atoms in total. The molecule has 1 rings (SSSR count). The van der Waals surface area contributed by atoms with Gasteiger partial charge >= 0.3 is 0 Å². The fraction of sp³-hybridized carbons (Fsp3) is 0.462. The predicted molar refractivity (Wildman–Crippen MR) is 72.3 cm³/mol. The van der Waals surface area contributed by atoms with Gasteiger partial charge in [0.25, 0.3) is 5.91 Å². The number of hydrazine groups is 1. The maximum absolute atomic E-state index is 13.5. The highest BCUT2D eigenvalue weighted by atomic mass is 19.1. The number of hydrogen-bond acceptors (Lipinski definition) is 4. The number of nitrogens with one attached hydrogen (secondary N) is 1. The van der Waals surface area contributed by atoms with E-state index < -0.39 is 5.82 Å². The molecule has 0 aliphatic rings. The van der Waals surface area contributed by atoms with Crippen molar-refractivity contribution >= 4 is 11.6 Å². The summed E-state index contributed by atoms with van der Waals surface area (Å²) in [7, 11) is 1.64. The van der Waals surface area contributed by atoms with Gasteiger partial charge in [-0.1, -0.05) is 6.07 Å². The first kappa shape index (κ1) is 15.4. The quantitative estimate of drug-likeness (QED) is 0.608. The van der Waals surface area contributed by atoms with Gasteiger partial charge in [0.15, 0.2) is 0 Å². The van der Waals surface area contributed by atoms with Gasteiger partial charge in [0, 0.05) is 13.6 Å². The first-order valence-electron chi connectivity index (χ1n) is 6.09. The van der Waals surface area contributed by atoms with E-state index in [4.69, 9.17) is 10.6 Å². The average Bonchev–Trinajstić information content (AvgIpc) is 2.37. The average molecular weight is 269 g/mol. The van der Waals surface area contributed by atoms with Gasteiger partial charge < -0.3 is 15.1 Å². The molecule has 6 heteroatoms.